The number of likely N-dealkylation sites (tertiary alicyclic amines) is 2. The maximum atomic E-state index is 12.7. The van der Waals surface area contributed by atoms with Gasteiger partial charge in [0.1, 0.15) is 0 Å². The van der Waals surface area contributed by atoms with Gasteiger partial charge in [0.25, 0.3) is 0 Å². The van der Waals surface area contributed by atoms with Crippen molar-refractivity contribution in [2.75, 3.05) is 41.5 Å². The fourth-order valence-electron chi connectivity index (χ4n) is 4.20. The molecule has 3 rings (SSSR count). The van der Waals surface area contributed by atoms with Crippen molar-refractivity contribution in [3.63, 3.8) is 0 Å². The van der Waals surface area contributed by atoms with Crippen molar-refractivity contribution in [2.45, 2.75) is 31.7 Å². The fraction of sp³-hybridized carbons (Fsp3) is 0.600. The summed E-state index contributed by atoms with van der Waals surface area (Å²) in [7, 11) is 6.60. The summed E-state index contributed by atoms with van der Waals surface area (Å²) in [6, 6.07) is 4.05. The van der Waals surface area contributed by atoms with Gasteiger partial charge in [-0.2, -0.15) is 0 Å². The number of methoxy groups -OCH3 is 3. The van der Waals surface area contributed by atoms with Crippen LogP contribution in [0.1, 0.15) is 24.8 Å². The molecular weight excluding hydrogens is 348 g/mol. The highest BCUT2D eigenvalue weighted by Gasteiger charge is 2.41. The quantitative estimate of drug-likeness (QED) is 0.756. The van der Waals surface area contributed by atoms with Crippen LogP contribution in [0.25, 0.3) is 0 Å². The van der Waals surface area contributed by atoms with Crippen LogP contribution in [0.4, 0.5) is 0 Å². The Morgan fingerprint density at radius 1 is 1.15 bits per heavy atom. The summed E-state index contributed by atoms with van der Waals surface area (Å²) in [4.78, 5) is 28.3. The van der Waals surface area contributed by atoms with Crippen LogP contribution in [0, 0.1) is 5.92 Å². The summed E-state index contributed by atoms with van der Waals surface area (Å²) in [5.74, 6) is 2.31. The van der Waals surface area contributed by atoms with Gasteiger partial charge in [0.15, 0.2) is 11.5 Å². The summed E-state index contributed by atoms with van der Waals surface area (Å²) in [6.07, 6.45) is 2.43. The number of carbonyl (C=O) groups is 2. The molecule has 1 aromatic carbocycles. The van der Waals surface area contributed by atoms with Gasteiger partial charge in [-0.25, -0.2) is 0 Å². The standard InChI is InChI=1S/C20H28N2O5/c1-21-15-7-8-22(12-14(15)11-19(21)24)18(23)6-5-13-9-16(25-2)20(27-4)17(10-13)26-3/h9-10,14-15H,5-8,11-12H2,1-4H3/t14-,15+/m1/s1. The molecule has 2 atom stereocenters. The zero-order valence-electron chi connectivity index (χ0n) is 16.5. The highest BCUT2D eigenvalue weighted by atomic mass is 16.5. The minimum absolute atomic E-state index is 0.129. The molecule has 0 aromatic heterocycles. The number of amides is 2. The van der Waals surface area contributed by atoms with Crippen molar-refractivity contribution in [1.82, 2.24) is 9.80 Å². The fourth-order valence-corrected chi connectivity index (χ4v) is 4.20. The first-order valence-electron chi connectivity index (χ1n) is 9.30. The molecule has 2 aliphatic rings. The molecule has 27 heavy (non-hydrogen) atoms. The zero-order chi connectivity index (χ0) is 19.6. The van der Waals surface area contributed by atoms with Crippen molar-refractivity contribution in [2.24, 2.45) is 5.92 Å². The SMILES string of the molecule is COc1cc(CCC(=O)N2CC[C@H]3[C@H](CC(=O)N3C)C2)cc(OC)c1OC. The predicted octanol–water partition coefficient (Wildman–Crippen LogP) is 1.72. The van der Waals surface area contributed by atoms with Crippen molar-refractivity contribution in [1.29, 1.82) is 0 Å². The highest BCUT2D eigenvalue weighted by molar-refractivity contribution is 5.80. The van der Waals surface area contributed by atoms with Crippen molar-refractivity contribution in [3.8, 4) is 17.2 Å². The Morgan fingerprint density at radius 3 is 2.41 bits per heavy atom. The molecule has 0 bridgehead atoms. The highest BCUT2D eigenvalue weighted by Crippen LogP contribution is 2.38. The third-order valence-electron chi connectivity index (χ3n) is 5.73. The van der Waals surface area contributed by atoms with Crippen molar-refractivity contribution < 1.29 is 23.8 Å². The van der Waals surface area contributed by atoms with E-state index in [1.165, 1.54) is 0 Å². The lowest BCUT2D eigenvalue weighted by Gasteiger charge is -2.36. The Morgan fingerprint density at radius 2 is 1.81 bits per heavy atom. The van der Waals surface area contributed by atoms with E-state index in [1.54, 1.807) is 21.3 Å². The maximum Gasteiger partial charge on any atom is 0.222 e. The molecule has 0 saturated carbocycles. The number of hydrogen-bond acceptors (Lipinski definition) is 5. The summed E-state index contributed by atoms with van der Waals surface area (Å²) in [6.45, 7) is 1.39. The second-order valence-corrected chi connectivity index (χ2v) is 7.20. The molecule has 2 saturated heterocycles. The van der Waals surface area contributed by atoms with E-state index in [4.69, 9.17) is 14.2 Å². The molecule has 2 fully saturated rings. The number of ether oxygens (including phenoxy) is 3. The van der Waals surface area contributed by atoms with Crippen LogP contribution in [0.15, 0.2) is 12.1 Å². The molecule has 0 aliphatic carbocycles. The topological polar surface area (TPSA) is 68.3 Å². The zero-order valence-corrected chi connectivity index (χ0v) is 16.5. The van der Waals surface area contributed by atoms with E-state index < -0.39 is 0 Å². The number of aryl methyl sites for hydroxylation is 1. The molecule has 7 nitrogen and oxygen atoms in total. The molecule has 148 valence electrons. The van der Waals surface area contributed by atoms with Crippen LogP contribution >= 0.6 is 0 Å². The number of benzene rings is 1. The second-order valence-electron chi connectivity index (χ2n) is 7.20. The van der Waals surface area contributed by atoms with E-state index in [2.05, 4.69) is 0 Å². The lowest BCUT2D eigenvalue weighted by atomic mass is 9.92. The van der Waals surface area contributed by atoms with Gasteiger partial charge in [0.2, 0.25) is 17.6 Å². The molecule has 1 aromatic rings. The van der Waals surface area contributed by atoms with Gasteiger partial charge in [0.05, 0.1) is 21.3 Å². The predicted molar refractivity (Wildman–Crippen MR) is 100 cm³/mol. The van der Waals surface area contributed by atoms with Crippen LogP contribution in [0.2, 0.25) is 0 Å². The second kappa shape index (κ2) is 8.06. The first-order chi connectivity index (χ1) is 13.0. The molecule has 2 aliphatic heterocycles. The van der Waals surface area contributed by atoms with Gasteiger partial charge in [-0.15, -0.1) is 0 Å². The van der Waals surface area contributed by atoms with Gasteiger partial charge < -0.3 is 24.0 Å². The first kappa shape index (κ1) is 19.3. The van der Waals surface area contributed by atoms with E-state index in [1.807, 2.05) is 29.0 Å². The monoisotopic (exact) mass is 376 g/mol. The normalized spacial score (nSPS) is 21.9. The minimum Gasteiger partial charge on any atom is -0.493 e. The molecule has 2 amide bonds. The number of carbonyl (C=O) groups excluding carboxylic acids is 2. The molecule has 0 N–H and O–H groups in total. The average molecular weight is 376 g/mol. The van der Waals surface area contributed by atoms with Gasteiger partial charge in [-0.1, -0.05) is 0 Å². The van der Waals surface area contributed by atoms with Crippen LogP contribution in [-0.2, 0) is 16.0 Å². The summed E-state index contributed by atoms with van der Waals surface area (Å²) in [5, 5.41) is 0. The third kappa shape index (κ3) is 3.82. The van der Waals surface area contributed by atoms with Crippen molar-refractivity contribution >= 4 is 11.8 Å². The summed E-state index contributed by atoms with van der Waals surface area (Å²) < 4.78 is 16.1. The van der Waals surface area contributed by atoms with Crippen LogP contribution in [0.5, 0.6) is 17.2 Å². The Labute approximate surface area is 160 Å². The van der Waals surface area contributed by atoms with Gasteiger partial charge >= 0.3 is 0 Å². The van der Waals surface area contributed by atoms with Crippen LogP contribution < -0.4 is 14.2 Å². The molecule has 7 heteroatoms. The molecule has 0 spiro atoms. The third-order valence-corrected chi connectivity index (χ3v) is 5.73. The Kier molecular flexibility index (Phi) is 5.77. The van der Waals surface area contributed by atoms with Crippen LogP contribution in [0.3, 0.4) is 0 Å². The number of nitrogens with zero attached hydrogens (tertiary/aromatic N) is 2. The Balaban J connectivity index is 1.62. The largest absolute Gasteiger partial charge is 0.493 e. The lowest BCUT2D eigenvalue weighted by molar-refractivity contribution is -0.133. The Bertz CT molecular complexity index is 695. The van der Waals surface area contributed by atoms with E-state index in [0.717, 1.165) is 12.0 Å². The Hall–Kier alpha value is -2.44. The lowest BCUT2D eigenvalue weighted by Crippen LogP contribution is -2.47. The van der Waals surface area contributed by atoms with Crippen molar-refractivity contribution in [3.05, 3.63) is 17.7 Å². The van der Waals surface area contributed by atoms with E-state index in [0.29, 0.717) is 49.6 Å². The number of fused-ring (bicyclic) bond motifs is 1. The minimum atomic E-state index is 0.129. The number of rotatable bonds is 6. The number of hydrogen-bond donors (Lipinski definition) is 0. The van der Waals surface area contributed by atoms with E-state index in [-0.39, 0.29) is 23.8 Å². The average Bonchev–Trinajstić information content (AvgIpc) is 2.98. The van der Waals surface area contributed by atoms with E-state index in [9.17, 15) is 9.59 Å². The molecule has 0 radical (unpaired) electrons. The van der Waals surface area contributed by atoms with E-state index >= 15 is 0 Å². The first-order valence-corrected chi connectivity index (χ1v) is 9.30. The van der Waals surface area contributed by atoms with Gasteiger partial charge in [-0.3, -0.25) is 9.59 Å². The summed E-state index contributed by atoms with van der Waals surface area (Å²) in [5.41, 5.74) is 0.962. The van der Waals surface area contributed by atoms with Gasteiger partial charge in [-0.05, 0) is 30.5 Å². The molecular formula is C20H28N2O5. The molecule has 0 unspecified atom stereocenters. The molecule has 2 heterocycles. The maximum absolute atomic E-state index is 12.7. The number of piperidine rings is 1. The summed E-state index contributed by atoms with van der Waals surface area (Å²) >= 11 is 0. The smallest absolute Gasteiger partial charge is 0.222 e. The van der Waals surface area contributed by atoms with Crippen LogP contribution in [-0.4, -0.2) is 69.1 Å². The van der Waals surface area contributed by atoms with Gasteiger partial charge in [0, 0.05) is 44.9 Å².